The number of amides is 1. The maximum atomic E-state index is 12.5. The van der Waals surface area contributed by atoms with Crippen molar-refractivity contribution in [1.29, 1.82) is 0 Å². The van der Waals surface area contributed by atoms with Crippen molar-refractivity contribution in [2.75, 3.05) is 13.2 Å². The molecule has 0 spiro atoms. The Bertz CT molecular complexity index is 1080. The highest BCUT2D eigenvalue weighted by Crippen LogP contribution is 2.29. The van der Waals surface area contributed by atoms with Crippen LogP contribution in [0, 0.1) is 5.92 Å². The van der Waals surface area contributed by atoms with Crippen molar-refractivity contribution >= 4 is 45.1 Å². The molecule has 10 heteroatoms. The molecule has 180 valence electrons. The van der Waals surface area contributed by atoms with Gasteiger partial charge < -0.3 is 10.1 Å². The number of carbonyl (C=O) groups excluding carboxylic acids is 2. The van der Waals surface area contributed by atoms with E-state index in [0.717, 1.165) is 30.5 Å². The number of halogens is 2. The highest BCUT2D eigenvalue weighted by Gasteiger charge is 2.24. The normalized spacial score (nSPS) is 12.4. The van der Waals surface area contributed by atoms with Crippen LogP contribution in [0.1, 0.15) is 43.1 Å². The lowest BCUT2D eigenvalue weighted by Crippen LogP contribution is -2.36. The lowest BCUT2D eigenvalue weighted by atomic mass is 10.1. The van der Waals surface area contributed by atoms with E-state index in [1.165, 1.54) is 0 Å². The third-order valence-corrected chi connectivity index (χ3v) is 6.86. The number of hydrogen-bond donors (Lipinski definition) is 2. The standard InChI is InChI=1S/C23H28Cl2N2O5S/c1-15(2)13-26-33(30,31)21-11-18(19(24)12-20(21)25)23(29)32-14-22(28)27-16(3)9-10-17-7-5-4-6-8-17/h4-8,11-12,15-16,26H,9-10,13-14H2,1-3H3,(H,27,28)/t16-/m0/s1. The number of ether oxygens (including phenoxy) is 1. The number of aryl methyl sites for hydroxylation is 1. The molecule has 0 aromatic heterocycles. The van der Waals surface area contributed by atoms with Gasteiger partial charge in [-0.1, -0.05) is 67.4 Å². The number of carbonyl (C=O) groups is 2. The Labute approximate surface area is 204 Å². The van der Waals surface area contributed by atoms with Crippen LogP contribution in [-0.4, -0.2) is 39.5 Å². The van der Waals surface area contributed by atoms with Crippen LogP contribution in [-0.2, 0) is 26.0 Å². The number of benzene rings is 2. The fourth-order valence-electron chi connectivity index (χ4n) is 2.87. The molecule has 0 radical (unpaired) electrons. The zero-order valence-electron chi connectivity index (χ0n) is 18.7. The predicted molar refractivity (Wildman–Crippen MR) is 129 cm³/mol. The van der Waals surface area contributed by atoms with Gasteiger partial charge in [0.05, 0.1) is 15.6 Å². The molecule has 2 aromatic carbocycles. The molecule has 0 unspecified atom stereocenters. The predicted octanol–water partition coefficient (Wildman–Crippen LogP) is 4.22. The number of hydrogen-bond acceptors (Lipinski definition) is 5. The Kier molecular flexibility index (Phi) is 10.2. The second-order valence-corrected chi connectivity index (χ2v) is 10.6. The van der Waals surface area contributed by atoms with E-state index >= 15 is 0 Å². The topological polar surface area (TPSA) is 102 Å². The molecule has 0 saturated heterocycles. The number of nitrogens with one attached hydrogen (secondary N) is 2. The van der Waals surface area contributed by atoms with Crippen molar-refractivity contribution < 1.29 is 22.7 Å². The fraction of sp³-hybridized carbons (Fsp3) is 0.391. The average molecular weight is 515 g/mol. The second kappa shape index (κ2) is 12.4. The van der Waals surface area contributed by atoms with E-state index in [1.54, 1.807) is 0 Å². The summed E-state index contributed by atoms with van der Waals surface area (Å²) in [5.41, 5.74) is 0.965. The number of sulfonamides is 1. The molecule has 0 heterocycles. The van der Waals surface area contributed by atoms with Gasteiger partial charge in [-0.2, -0.15) is 0 Å². The molecule has 0 aliphatic carbocycles. The molecule has 2 aromatic rings. The van der Waals surface area contributed by atoms with E-state index in [9.17, 15) is 18.0 Å². The van der Waals surface area contributed by atoms with Crippen molar-refractivity contribution in [2.24, 2.45) is 5.92 Å². The minimum absolute atomic E-state index is 0.0730. The summed E-state index contributed by atoms with van der Waals surface area (Å²) in [7, 11) is -3.96. The first kappa shape index (κ1) is 27.1. The summed E-state index contributed by atoms with van der Waals surface area (Å²) in [5.74, 6) is -1.33. The van der Waals surface area contributed by atoms with Gasteiger partial charge in [-0.3, -0.25) is 4.79 Å². The van der Waals surface area contributed by atoms with Crippen LogP contribution in [0.3, 0.4) is 0 Å². The molecule has 7 nitrogen and oxygen atoms in total. The van der Waals surface area contributed by atoms with Crippen LogP contribution in [0.15, 0.2) is 47.4 Å². The van der Waals surface area contributed by atoms with Crippen molar-refractivity contribution in [3.8, 4) is 0 Å². The summed E-state index contributed by atoms with van der Waals surface area (Å²) in [6, 6.07) is 12.0. The van der Waals surface area contributed by atoms with Crippen molar-refractivity contribution in [3.63, 3.8) is 0 Å². The first-order valence-electron chi connectivity index (χ1n) is 10.5. The number of rotatable bonds is 11. The molecule has 0 fully saturated rings. The van der Waals surface area contributed by atoms with Gasteiger partial charge in [-0.15, -0.1) is 0 Å². The van der Waals surface area contributed by atoms with Gasteiger partial charge in [0.1, 0.15) is 4.90 Å². The van der Waals surface area contributed by atoms with E-state index < -0.39 is 28.5 Å². The summed E-state index contributed by atoms with van der Waals surface area (Å²) < 4.78 is 32.6. The Morgan fingerprint density at radius 2 is 1.70 bits per heavy atom. The molecule has 1 atom stereocenters. The molecular weight excluding hydrogens is 487 g/mol. The summed E-state index contributed by atoms with van der Waals surface area (Å²) in [5, 5.41) is 2.56. The van der Waals surface area contributed by atoms with Gasteiger partial charge in [-0.05, 0) is 43.4 Å². The third-order valence-electron chi connectivity index (χ3n) is 4.66. The Morgan fingerprint density at radius 1 is 1.03 bits per heavy atom. The van der Waals surface area contributed by atoms with E-state index in [-0.39, 0.29) is 39.0 Å². The Morgan fingerprint density at radius 3 is 2.33 bits per heavy atom. The largest absolute Gasteiger partial charge is 0.452 e. The van der Waals surface area contributed by atoms with Crippen LogP contribution in [0.4, 0.5) is 0 Å². The molecule has 33 heavy (non-hydrogen) atoms. The van der Waals surface area contributed by atoms with Gasteiger partial charge in [0, 0.05) is 12.6 Å². The maximum Gasteiger partial charge on any atom is 0.340 e. The van der Waals surface area contributed by atoms with Crippen molar-refractivity contribution in [3.05, 3.63) is 63.6 Å². The highest BCUT2D eigenvalue weighted by molar-refractivity contribution is 7.89. The average Bonchev–Trinajstić information content (AvgIpc) is 2.75. The van der Waals surface area contributed by atoms with Crippen molar-refractivity contribution in [2.45, 2.75) is 44.6 Å². The first-order chi connectivity index (χ1) is 15.5. The maximum absolute atomic E-state index is 12.5. The van der Waals surface area contributed by atoms with Crippen LogP contribution < -0.4 is 10.0 Å². The number of esters is 1. The Balaban J connectivity index is 1.96. The second-order valence-electron chi connectivity index (χ2n) is 8.08. The minimum atomic E-state index is -3.96. The van der Waals surface area contributed by atoms with E-state index in [2.05, 4.69) is 10.0 Å². The van der Waals surface area contributed by atoms with Gasteiger partial charge in [0.2, 0.25) is 10.0 Å². The van der Waals surface area contributed by atoms with E-state index in [4.69, 9.17) is 27.9 Å². The molecule has 0 saturated carbocycles. The van der Waals surface area contributed by atoms with Gasteiger partial charge >= 0.3 is 5.97 Å². The summed E-state index contributed by atoms with van der Waals surface area (Å²) in [4.78, 5) is 24.4. The summed E-state index contributed by atoms with van der Waals surface area (Å²) in [6.07, 6.45) is 1.52. The van der Waals surface area contributed by atoms with Crippen LogP contribution in [0.25, 0.3) is 0 Å². The van der Waals surface area contributed by atoms with Gasteiger partial charge in [0.25, 0.3) is 5.91 Å². The van der Waals surface area contributed by atoms with Gasteiger partial charge in [-0.25, -0.2) is 17.9 Å². The molecule has 2 rings (SSSR count). The zero-order chi connectivity index (χ0) is 24.6. The third kappa shape index (κ3) is 8.62. The smallest absolute Gasteiger partial charge is 0.340 e. The van der Waals surface area contributed by atoms with Crippen molar-refractivity contribution in [1.82, 2.24) is 10.0 Å². The molecule has 0 aliphatic heterocycles. The molecular formula is C23H28Cl2N2O5S. The first-order valence-corrected chi connectivity index (χ1v) is 12.7. The minimum Gasteiger partial charge on any atom is -0.452 e. The highest BCUT2D eigenvalue weighted by atomic mass is 35.5. The SMILES string of the molecule is CC(C)CNS(=O)(=O)c1cc(C(=O)OCC(=O)N[C@@H](C)CCc2ccccc2)c(Cl)cc1Cl. The van der Waals surface area contributed by atoms with E-state index in [1.807, 2.05) is 51.1 Å². The van der Waals surface area contributed by atoms with Crippen LogP contribution in [0.2, 0.25) is 10.0 Å². The lowest BCUT2D eigenvalue weighted by molar-refractivity contribution is -0.124. The zero-order valence-corrected chi connectivity index (χ0v) is 21.1. The van der Waals surface area contributed by atoms with E-state index in [0.29, 0.717) is 0 Å². The monoisotopic (exact) mass is 514 g/mol. The summed E-state index contributed by atoms with van der Waals surface area (Å²) in [6.45, 7) is 5.23. The van der Waals surface area contributed by atoms with Crippen LogP contribution in [0.5, 0.6) is 0 Å². The molecule has 0 aliphatic rings. The summed E-state index contributed by atoms with van der Waals surface area (Å²) >= 11 is 12.1. The molecule has 1 amide bonds. The quantitative estimate of drug-likeness (QED) is 0.437. The van der Waals surface area contributed by atoms with Crippen LogP contribution >= 0.6 is 23.2 Å². The fourth-order valence-corrected chi connectivity index (χ4v) is 4.93. The Hall–Kier alpha value is -2.13. The lowest BCUT2D eigenvalue weighted by Gasteiger charge is -2.15. The molecule has 0 bridgehead atoms. The van der Waals surface area contributed by atoms with Gasteiger partial charge in [0.15, 0.2) is 6.61 Å². The molecule has 2 N–H and O–H groups in total.